The van der Waals surface area contributed by atoms with Gasteiger partial charge in [0.05, 0.1) is 4.92 Å². The number of ketones is 1. The van der Waals surface area contributed by atoms with Crippen LogP contribution in [0.5, 0.6) is 0 Å². The molecule has 0 aliphatic carbocycles. The SMILES string of the molecule is CC(=O)c1ccc(N2CCC(Nc3cccc(C)n3)CC2)c([N+](=O)[O-])c1. The van der Waals surface area contributed by atoms with E-state index in [0.717, 1.165) is 24.4 Å². The number of hydrogen-bond acceptors (Lipinski definition) is 6. The molecule has 1 aromatic heterocycles. The van der Waals surface area contributed by atoms with Gasteiger partial charge in [0, 0.05) is 36.5 Å². The van der Waals surface area contributed by atoms with Crippen LogP contribution in [0.25, 0.3) is 0 Å². The lowest BCUT2D eigenvalue weighted by atomic mass is 10.0. The number of nitro benzene ring substituents is 1. The number of nitrogens with zero attached hydrogens (tertiary/aromatic N) is 3. The average Bonchev–Trinajstić information content (AvgIpc) is 2.62. The average molecular weight is 354 g/mol. The standard InChI is InChI=1S/C19H22N4O3/c1-13-4-3-5-19(20-13)21-16-8-10-22(11-9-16)17-7-6-15(14(2)24)12-18(17)23(25)26/h3-7,12,16H,8-11H2,1-2H3,(H,20,21). The summed E-state index contributed by atoms with van der Waals surface area (Å²) in [4.78, 5) is 29.0. The van der Waals surface area contributed by atoms with Crippen LogP contribution in [-0.4, -0.2) is 34.8 Å². The van der Waals surface area contributed by atoms with Crippen LogP contribution in [0.15, 0.2) is 36.4 Å². The number of carbonyl (C=O) groups excluding carboxylic acids is 1. The van der Waals surface area contributed by atoms with Gasteiger partial charge in [0.1, 0.15) is 11.5 Å². The zero-order valence-electron chi connectivity index (χ0n) is 14.9. The van der Waals surface area contributed by atoms with Gasteiger partial charge < -0.3 is 10.2 Å². The Labute approximate surface area is 152 Å². The highest BCUT2D eigenvalue weighted by molar-refractivity contribution is 5.95. The third-order valence-electron chi connectivity index (χ3n) is 4.65. The summed E-state index contributed by atoms with van der Waals surface area (Å²) in [6.07, 6.45) is 1.72. The Bertz CT molecular complexity index is 829. The Morgan fingerprint density at radius 1 is 1.27 bits per heavy atom. The third-order valence-corrected chi connectivity index (χ3v) is 4.65. The molecule has 2 heterocycles. The second-order valence-electron chi connectivity index (χ2n) is 6.59. The van der Waals surface area contributed by atoms with Gasteiger partial charge in [0.15, 0.2) is 5.78 Å². The molecule has 0 spiro atoms. The largest absolute Gasteiger partial charge is 0.367 e. The molecule has 1 N–H and O–H groups in total. The molecule has 1 aliphatic rings. The lowest BCUT2D eigenvalue weighted by Crippen LogP contribution is -2.39. The normalized spacial score (nSPS) is 14.9. The predicted octanol–water partition coefficient (Wildman–Crippen LogP) is 3.58. The molecule has 0 bridgehead atoms. The first-order valence-corrected chi connectivity index (χ1v) is 8.68. The van der Waals surface area contributed by atoms with Crippen molar-refractivity contribution in [2.75, 3.05) is 23.3 Å². The van der Waals surface area contributed by atoms with Crippen LogP contribution >= 0.6 is 0 Å². The molecule has 3 rings (SSSR count). The molecule has 0 radical (unpaired) electrons. The number of aromatic nitrogens is 1. The van der Waals surface area contributed by atoms with Gasteiger partial charge in [0.25, 0.3) is 5.69 Å². The Hall–Kier alpha value is -2.96. The van der Waals surface area contributed by atoms with E-state index >= 15 is 0 Å². The number of pyridine rings is 1. The Balaban J connectivity index is 1.69. The van der Waals surface area contributed by atoms with Crippen molar-refractivity contribution in [1.29, 1.82) is 0 Å². The molecule has 0 atom stereocenters. The van der Waals surface area contributed by atoms with E-state index in [9.17, 15) is 14.9 Å². The third kappa shape index (κ3) is 3.99. The maximum Gasteiger partial charge on any atom is 0.293 e. The molecule has 1 aliphatic heterocycles. The lowest BCUT2D eigenvalue weighted by molar-refractivity contribution is -0.384. The number of aryl methyl sites for hydroxylation is 1. The molecule has 7 nitrogen and oxygen atoms in total. The quantitative estimate of drug-likeness (QED) is 0.501. The van der Waals surface area contributed by atoms with Crippen LogP contribution in [0, 0.1) is 17.0 Å². The van der Waals surface area contributed by atoms with Crippen molar-refractivity contribution in [3.8, 4) is 0 Å². The van der Waals surface area contributed by atoms with Crippen molar-refractivity contribution in [3.63, 3.8) is 0 Å². The van der Waals surface area contributed by atoms with E-state index in [-0.39, 0.29) is 17.5 Å². The summed E-state index contributed by atoms with van der Waals surface area (Å²) in [6, 6.07) is 10.9. The fraction of sp³-hybridized carbons (Fsp3) is 0.368. The van der Waals surface area contributed by atoms with Gasteiger partial charge in [-0.1, -0.05) is 6.07 Å². The summed E-state index contributed by atoms with van der Waals surface area (Å²) >= 11 is 0. The lowest BCUT2D eigenvalue weighted by Gasteiger charge is -2.34. The van der Waals surface area contributed by atoms with Gasteiger partial charge in [0.2, 0.25) is 0 Å². The molecule has 2 aromatic rings. The van der Waals surface area contributed by atoms with Gasteiger partial charge in [-0.05, 0) is 51.0 Å². The summed E-state index contributed by atoms with van der Waals surface area (Å²) in [5.41, 5.74) is 1.90. The Morgan fingerprint density at radius 2 is 2.00 bits per heavy atom. The summed E-state index contributed by atoms with van der Waals surface area (Å²) < 4.78 is 0. The predicted molar refractivity (Wildman–Crippen MR) is 101 cm³/mol. The second-order valence-corrected chi connectivity index (χ2v) is 6.59. The van der Waals surface area contributed by atoms with E-state index in [0.29, 0.717) is 24.3 Å². The first-order valence-electron chi connectivity index (χ1n) is 8.68. The van der Waals surface area contributed by atoms with Gasteiger partial charge >= 0.3 is 0 Å². The van der Waals surface area contributed by atoms with Gasteiger partial charge in [-0.25, -0.2) is 4.98 Å². The molecule has 26 heavy (non-hydrogen) atoms. The molecule has 1 saturated heterocycles. The number of hydrogen-bond donors (Lipinski definition) is 1. The smallest absolute Gasteiger partial charge is 0.293 e. The number of anilines is 2. The zero-order chi connectivity index (χ0) is 18.7. The fourth-order valence-electron chi connectivity index (χ4n) is 3.25. The van der Waals surface area contributed by atoms with Crippen LogP contribution in [0.4, 0.5) is 17.2 Å². The molecule has 1 aromatic carbocycles. The molecule has 136 valence electrons. The summed E-state index contributed by atoms with van der Waals surface area (Å²) in [6.45, 7) is 4.79. The van der Waals surface area contributed by atoms with Gasteiger partial charge in [-0.3, -0.25) is 14.9 Å². The minimum absolute atomic E-state index is 0.00976. The van der Waals surface area contributed by atoms with Crippen LogP contribution in [0.3, 0.4) is 0 Å². The van der Waals surface area contributed by atoms with Crippen molar-refractivity contribution in [2.24, 2.45) is 0 Å². The minimum atomic E-state index is -0.414. The molecule has 7 heteroatoms. The van der Waals surface area contributed by atoms with Crippen LogP contribution in [0.1, 0.15) is 35.8 Å². The maximum absolute atomic E-state index is 11.5. The monoisotopic (exact) mass is 354 g/mol. The summed E-state index contributed by atoms with van der Waals surface area (Å²) in [5.74, 6) is 0.688. The van der Waals surface area contributed by atoms with E-state index < -0.39 is 4.92 Å². The summed E-state index contributed by atoms with van der Waals surface area (Å²) in [5, 5.41) is 14.9. The Kier molecular flexibility index (Phi) is 5.16. The Morgan fingerprint density at radius 3 is 2.62 bits per heavy atom. The van der Waals surface area contributed by atoms with Crippen molar-refractivity contribution in [3.05, 3.63) is 57.8 Å². The number of benzene rings is 1. The number of Topliss-reactive ketones (excluding diaryl/α,β-unsaturated/α-hetero) is 1. The first-order chi connectivity index (χ1) is 12.4. The second kappa shape index (κ2) is 7.51. The van der Waals surface area contributed by atoms with Crippen molar-refractivity contribution >= 4 is 23.0 Å². The number of nitro groups is 1. The molecular weight excluding hydrogens is 332 g/mol. The maximum atomic E-state index is 11.5. The van der Waals surface area contributed by atoms with E-state index in [1.54, 1.807) is 12.1 Å². The van der Waals surface area contributed by atoms with Crippen LogP contribution in [-0.2, 0) is 0 Å². The van der Waals surface area contributed by atoms with Crippen LogP contribution in [0.2, 0.25) is 0 Å². The van der Waals surface area contributed by atoms with Gasteiger partial charge in [-0.15, -0.1) is 0 Å². The first kappa shape index (κ1) is 17.8. The molecular formula is C19H22N4O3. The zero-order valence-corrected chi connectivity index (χ0v) is 14.9. The highest BCUT2D eigenvalue weighted by Gasteiger charge is 2.25. The highest BCUT2D eigenvalue weighted by atomic mass is 16.6. The van der Waals surface area contributed by atoms with Crippen molar-refractivity contribution < 1.29 is 9.72 Å². The molecule has 0 unspecified atom stereocenters. The number of rotatable bonds is 5. The van der Waals surface area contributed by atoms with Crippen molar-refractivity contribution in [1.82, 2.24) is 4.98 Å². The highest BCUT2D eigenvalue weighted by Crippen LogP contribution is 2.31. The van der Waals surface area contributed by atoms with E-state index in [4.69, 9.17) is 0 Å². The number of piperidine rings is 1. The van der Waals surface area contributed by atoms with Gasteiger partial charge in [-0.2, -0.15) is 0 Å². The van der Waals surface area contributed by atoms with Crippen LogP contribution < -0.4 is 10.2 Å². The van der Waals surface area contributed by atoms with Crippen molar-refractivity contribution in [2.45, 2.75) is 32.7 Å². The minimum Gasteiger partial charge on any atom is -0.367 e. The molecule has 0 saturated carbocycles. The van der Waals surface area contributed by atoms with E-state index in [1.165, 1.54) is 13.0 Å². The molecule has 0 amide bonds. The fourth-order valence-corrected chi connectivity index (χ4v) is 3.25. The number of nitrogens with one attached hydrogen (secondary N) is 1. The number of carbonyl (C=O) groups is 1. The van der Waals surface area contributed by atoms with E-state index in [2.05, 4.69) is 10.3 Å². The molecule has 1 fully saturated rings. The topological polar surface area (TPSA) is 88.4 Å². The van der Waals surface area contributed by atoms with E-state index in [1.807, 2.05) is 30.0 Å². The summed E-state index contributed by atoms with van der Waals surface area (Å²) in [7, 11) is 0.